The fourth-order valence-corrected chi connectivity index (χ4v) is 3.78. The molecule has 7 heteroatoms. The van der Waals surface area contributed by atoms with Gasteiger partial charge in [0.05, 0.1) is 11.7 Å². The van der Waals surface area contributed by atoms with Crippen LogP contribution in [0.5, 0.6) is 0 Å². The summed E-state index contributed by atoms with van der Waals surface area (Å²) in [5, 5.41) is 0.552. The van der Waals surface area contributed by atoms with E-state index in [1.807, 2.05) is 13.8 Å². The van der Waals surface area contributed by atoms with Crippen LogP contribution in [-0.4, -0.2) is 27.4 Å². The minimum absolute atomic E-state index is 0.0326. The van der Waals surface area contributed by atoms with Crippen molar-refractivity contribution in [1.82, 2.24) is 9.55 Å². The number of esters is 1. The van der Waals surface area contributed by atoms with Gasteiger partial charge in [0.2, 0.25) is 0 Å². The number of Topliss-reactive ketones (excluding diaryl/α,β-unsaturated/α-hetero) is 1. The Morgan fingerprint density at radius 3 is 2.91 bits per heavy atom. The molecule has 122 valence electrons. The second-order valence-electron chi connectivity index (χ2n) is 5.83. The summed E-state index contributed by atoms with van der Waals surface area (Å²) in [5.74, 6) is -0.604. The van der Waals surface area contributed by atoms with Gasteiger partial charge in [-0.15, -0.1) is 11.3 Å². The van der Waals surface area contributed by atoms with E-state index in [1.165, 1.54) is 22.2 Å². The Morgan fingerprint density at radius 2 is 2.17 bits per heavy atom. The molecule has 3 rings (SSSR count). The Morgan fingerprint density at radius 1 is 1.39 bits per heavy atom. The van der Waals surface area contributed by atoms with Crippen LogP contribution in [0.25, 0.3) is 10.2 Å². The van der Waals surface area contributed by atoms with Crippen molar-refractivity contribution in [1.29, 1.82) is 0 Å². The number of hydrogen-bond acceptors (Lipinski definition) is 6. The van der Waals surface area contributed by atoms with Crippen molar-refractivity contribution in [3.63, 3.8) is 0 Å². The molecular formula is C16H18N2O4S. The highest BCUT2D eigenvalue weighted by atomic mass is 32.1. The number of hydrogen-bond donors (Lipinski definition) is 0. The summed E-state index contributed by atoms with van der Waals surface area (Å²) in [6.45, 7) is 3.59. The Labute approximate surface area is 137 Å². The summed E-state index contributed by atoms with van der Waals surface area (Å²) < 4.78 is 6.48. The van der Waals surface area contributed by atoms with Gasteiger partial charge >= 0.3 is 5.97 Å². The van der Waals surface area contributed by atoms with Crippen LogP contribution in [-0.2, 0) is 20.9 Å². The predicted octanol–water partition coefficient (Wildman–Crippen LogP) is 2.13. The van der Waals surface area contributed by atoms with Gasteiger partial charge < -0.3 is 4.74 Å². The highest BCUT2D eigenvalue weighted by Crippen LogP contribution is 2.25. The number of nitrogens with zero attached hydrogens (tertiary/aromatic N) is 2. The van der Waals surface area contributed by atoms with Crippen LogP contribution in [0.3, 0.4) is 0 Å². The molecule has 2 aromatic heterocycles. The highest BCUT2D eigenvalue weighted by Gasteiger charge is 2.26. The van der Waals surface area contributed by atoms with Crippen molar-refractivity contribution >= 4 is 33.3 Å². The summed E-state index contributed by atoms with van der Waals surface area (Å²) in [4.78, 5) is 42.2. The molecule has 0 aromatic carbocycles. The van der Waals surface area contributed by atoms with Crippen LogP contribution in [0.15, 0.2) is 11.1 Å². The Hall–Kier alpha value is -2.02. The lowest BCUT2D eigenvalue weighted by atomic mass is 9.96. The second-order valence-corrected chi connectivity index (χ2v) is 7.03. The van der Waals surface area contributed by atoms with Crippen molar-refractivity contribution < 1.29 is 14.3 Å². The fourth-order valence-electron chi connectivity index (χ4n) is 2.79. The zero-order valence-electron chi connectivity index (χ0n) is 13.1. The molecule has 2 heterocycles. The van der Waals surface area contributed by atoms with E-state index in [0.29, 0.717) is 23.1 Å². The number of fused-ring (bicyclic) bond motifs is 1. The number of ketones is 1. The van der Waals surface area contributed by atoms with Gasteiger partial charge in [-0.05, 0) is 38.7 Å². The number of carbonyl (C=O) groups is 2. The number of aromatic nitrogens is 2. The normalized spacial score (nSPS) is 18.3. The molecule has 1 saturated carbocycles. The molecule has 0 N–H and O–H groups in total. The number of thiophene rings is 1. The number of aryl methyl sites for hydroxylation is 2. The summed E-state index contributed by atoms with van der Waals surface area (Å²) in [5.41, 5.74) is 0.649. The number of carbonyl (C=O) groups excluding carboxylic acids is 2. The standard InChI is InChI=1S/C16H18N2O4S/c1-9-10(2)23-15-14(9)16(21)18(8-17-15)7-13(20)22-12-6-4-3-5-11(12)19/h8,12H,3-7H2,1-2H3/t12-/m1/s1. The molecule has 0 unspecified atom stereocenters. The smallest absolute Gasteiger partial charge is 0.326 e. The lowest BCUT2D eigenvalue weighted by Gasteiger charge is -2.20. The summed E-state index contributed by atoms with van der Waals surface area (Å²) in [7, 11) is 0. The molecule has 2 aromatic rings. The van der Waals surface area contributed by atoms with Crippen molar-refractivity contribution in [2.45, 2.75) is 52.2 Å². The minimum Gasteiger partial charge on any atom is -0.453 e. The van der Waals surface area contributed by atoms with Gasteiger partial charge in [0.25, 0.3) is 5.56 Å². The first-order chi connectivity index (χ1) is 11.0. The molecule has 1 atom stereocenters. The third-order valence-corrected chi connectivity index (χ3v) is 5.34. The molecule has 0 amide bonds. The average Bonchev–Trinajstić information content (AvgIpc) is 2.80. The Bertz CT molecular complexity index is 836. The maximum Gasteiger partial charge on any atom is 0.326 e. The third kappa shape index (κ3) is 3.06. The lowest BCUT2D eigenvalue weighted by Crippen LogP contribution is -2.33. The van der Waals surface area contributed by atoms with E-state index in [0.717, 1.165) is 23.3 Å². The molecule has 1 aliphatic carbocycles. The molecule has 1 fully saturated rings. The molecule has 0 bridgehead atoms. The van der Waals surface area contributed by atoms with E-state index >= 15 is 0 Å². The molecule has 0 aliphatic heterocycles. The van der Waals surface area contributed by atoms with E-state index in [-0.39, 0.29) is 17.9 Å². The van der Waals surface area contributed by atoms with Crippen LogP contribution in [0, 0.1) is 13.8 Å². The fraction of sp³-hybridized carbons (Fsp3) is 0.500. The molecule has 1 aliphatic rings. The van der Waals surface area contributed by atoms with Gasteiger partial charge in [0, 0.05) is 11.3 Å². The molecule has 6 nitrogen and oxygen atoms in total. The monoisotopic (exact) mass is 334 g/mol. The van der Waals surface area contributed by atoms with Crippen LogP contribution in [0.1, 0.15) is 36.1 Å². The molecule has 0 spiro atoms. The van der Waals surface area contributed by atoms with Crippen LogP contribution >= 0.6 is 11.3 Å². The topological polar surface area (TPSA) is 78.3 Å². The van der Waals surface area contributed by atoms with Crippen molar-refractivity contribution in [3.05, 3.63) is 27.1 Å². The van der Waals surface area contributed by atoms with E-state index < -0.39 is 12.1 Å². The van der Waals surface area contributed by atoms with Gasteiger partial charge in [0.15, 0.2) is 11.9 Å². The van der Waals surface area contributed by atoms with Crippen molar-refractivity contribution in [2.75, 3.05) is 0 Å². The van der Waals surface area contributed by atoms with E-state index in [1.54, 1.807) is 0 Å². The van der Waals surface area contributed by atoms with E-state index in [2.05, 4.69) is 4.98 Å². The van der Waals surface area contributed by atoms with E-state index in [9.17, 15) is 14.4 Å². The first-order valence-electron chi connectivity index (χ1n) is 7.64. The maximum atomic E-state index is 12.5. The summed E-state index contributed by atoms with van der Waals surface area (Å²) >= 11 is 1.46. The summed E-state index contributed by atoms with van der Waals surface area (Å²) in [6, 6.07) is 0. The quantitative estimate of drug-likeness (QED) is 0.804. The highest BCUT2D eigenvalue weighted by molar-refractivity contribution is 7.18. The van der Waals surface area contributed by atoms with Gasteiger partial charge in [0.1, 0.15) is 11.4 Å². The van der Waals surface area contributed by atoms with Gasteiger partial charge in [-0.3, -0.25) is 19.0 Å². The number of ether oxygens (including phenoxy) is 1. The second kappa shape index (κ2) is 6.23. The summed E-state index contributed by atoms with van der Waals surface area (Å²) in [6.07, 6.45) is 3.46. The average molecular weight is 334 g/mol. The van der Waals surface area contributed by atoms with E-state index in [4.69, 9.17) is 4.74 Å². The maximum absolute atomic E-state index is 12.5. The van der Waals surface area contributed by atoms with Gasteiger partial charge in [-0.2, -0.15) is 0 Å². The molecule has 0 saturated heterocycles. The largest absolute Gasteiger partial charge is 0.453 e. The van der Waals surface area contributed by atoms with Crippen LogP contribution in [0.2, 0.25) is 0 Å². The third-order valence-electron chi connectivity index (χ3n) is 4.23. The Kier molecular flexibility index (Phi) is 4.30. The Balaban J connectivity index is 1.80. The van der Waals surface area contributed by atoms with Crippen LogP contribution < -0.4 is 5.56 Å². The van der Waals surface area contributed by atoms with Gasteiger partial charge in [-0.25, -0.2) is 4.98 Å². The van der Waals surface area contributed by atoms with Crippen LogP contribution in [0.4, 0.5) is 0 Å². The van der Waals surface area contributed by atoms with Crippen molar-refractivity contribution in [3.8, 4) is 0 Å². The molecule has 23 heavy (non-hydrogen) atoms. The molecule has 0 radical (unpaired) electrons. The van der Waals surface area contributed by atoms with Crippen molar-refractivity contribution in [2.24, 2.45) is 0 Å². The lowest BCUT2D eigenvalue weighted by molar-refractivity contribution is -0.157. The number of rotatable bonds is 3. The predicted molar refractivity (Wildman–Crippen MR) is 86.7 cm³/mol. The first-order valence-corrected chi connectivity index (χ1v) is 8.46. The van der Waals surface area contributed by atoms with Gasteiger partial charge in [-0.1, -0.05) is 0 Å². The zero-order valence-corrected chi connectivity index (χ0v) is 13.9. The minimum atomic E-state index is -0.659. The molecular weight excluding hydrogens is 316 g/mol. The zero-order chi connectivity index (χ0) is 16.6. The first kappa shape index (κ1) is 15.9. The SMILES string of the molecule is Cc1sc2ncn(CC(=O)O[C@@H]3CCCCC3=O)c(=O)c2c1C.